The van der Waals surface area contributed by atoms with E-state index in [4.69, 9.17) is 10.7 Å². The number of anilines is 1. The summed E-state index contributed by atoms with van der Waals surface area (Å²) < 4.78 is 0. The number of aryl methyl sites for hydroxylation is 1. The Kier molecular flexibility index (Phi) is 3.52. The first-order valence-corrected chi connectivity index (χ1v) is 7.50. The molecule has 0 radical (unpaired) electrons. The quantitative estimate of drug-likeness (QED) is 0.711. The second-order valence-corrected chi connectivity index (χ2v) is 5.72. The van der Waals surface area contributed by atoms with Gasteiger partial charge < -0.3 is 5.73 Å². The highest BCUT2D eigenvalue weighted by molar-refractivity contribution is 7.15. The maximum Gasteiger partial charge on any atom is 0.124 e. The first-order valence-electron chi connectivity index (χ1n) is 6.69. The third kappa shape index (κ3) is 2.45. The van der Waals surface area contributed by atoms with Crippen LogP contribution in [0.1, 0.15) is 11.8 Å². The van der Waals surface area contributed by atoms with Gasteiger partial charge in [0, 0.05) is 21.7 Å². The van der Waals surface area contributed by atoms with Gasteiger partial charge in [-0.1, -0.05) is 49.4 Å². The van der Waals surface area contributed by atoms with Crippen LogP contribution in [0, 0.1) is 0 Å². The van der Waals surface area contributed by atoms with Crippen molar-refractivity contribution in [2.45, 2.75) is 13.3 Å². The van der Waals surface area contributed by atoms with E-state index in [0.29, 0.717) is 0 Å². The maximum atomic E-state index is 5.86. The van der Waals surface area contributed by atoms with E-state index in [1.54, 1.807) is 11.3 Å². The van der Waals surface area contributed by atoms with Gasteiger partial charge in [0.15, 0.2) is 0 Å². The van der Waals surface area contributed by atoms with Gasteiger partial charge >= 0.3 is 0 Å². The molecule has 20 heavy (non-hydrogen) atoms. The zero-order valence-corrected chi connectivity index (χ0v) is 12.2. The lowest BCUT2D eigenvalue weighted by atomic mass is 10.1. The van der Waals surface area contributed by atoms with Crippen molar-refractivity contribution in [2.75, 3.05) is 5.73 Å². The fraction of sp³-hybridized carbons (Fsp3) is 0.118. The van der Waals surface area contributed by atoms with Crippen LogP contribution in [0.25, 0.3) is 21.8 Å². The van der Waals surface area contributed by atoms with E-state index in [9.17, 15) is 0 Å². The van der Waals surface area contributed by atoms with Gasteiger partial charge in [-0.3, -0.25) is 0 Å². The molecule has 0 spiro atoms. The molecule has 0 aliphatic heterocycles. The molecule has 0 saturated carbocycles. The molecule has 3 aromatic rings. The Labute approximate surface area is 122 Å². The molecule has 0 atom stereocenters. The third-order valence-electron chi connectivity index (χ3n) is 3.20. The summed E-state index contributed by atoms with van der Waals surface area (Å²) in [6.45, 7) is 2.17. The second kappa shape index (κ2) is 5.47. The van der Waals surface area contributed by atoms with Crippen molar-refractivity contribution in [1.82, 2.24) is 4.98 Å². The van der Waals surface area contributed by atoms with Gasteiger partial charge in [-0.25, -0.2) is 4.98 Å². The highest BCUT2D eigenvalue weighted by Gasteiger charge is 2.12. The summed E-state index contributed by atoms with van der Waals surface area (Å²) in [5, 5.41) is 1.04. The van der Waals surface area contributed by atoms with Crippen molar-refractivity contribution in [2.24, 2.45) is 0 Å². The van der Waals surface area contributed by atoms with E-state index in [-0.39, 0.29) is 0 Å². The van der Waals surface area contributed by atoms with E-state index in [1.165, 1.54) is 10.4 Å². The van der Waals surface area contributed by atoms with Crippen LogP contribution < -0.4 is 5.73 Å². The average Bonchev–Trinajstić information content (AvgIpc) is 2.92. The molecule has 1 heterocycles. The molecule has 2 nitrogen and oxygen atoms in total. The fourth-order valence-corrected chi connectivity index (χ4v) is 3.23. The Morgan fingerprint density at radius 1 is 1.00 bits per heavy atom. The smallest absolute Gasteiger partial charge is 0.124 e. The lowest BCUT2D eigenvalue weighted by Crippen LogP contribution is -1.85. The van der Waals surface area contributed by atoms with Crippen molar-refractivity contribution < 1.29 is 0 Å². The molecule has 0 saturated heterocycles. The Hall–Kier alpha value is -2.13. The van der Waals surface area contributed by atoms with Crippen LogP contribution in [0.5, 0.6) is 0 Å². The molecule has 3 heteroatoms. The SMILES string of the molecule is CCc1sc(-c2cccc(N)c2)nc1-c1ccccc1. The van der Waals surface area contributed by atoms with Crippen LogP contribution in [0.4, 0.5) is 5.69 Å². The van der Waals surface area contributed by atoms with Gasteiger partial charge in [0.2, 0.25) is 0 Å². The number of nitrogens with two attached hydrogens (primary N) is 1. The molecular weight excluding hydrogens is 264 g/mol. The van der Waals surface area contributed by atoms with Gasteiger partial charge in [-0.2, -0.15) is 0 Å². The van der Waals surface area contributed by atoms with E-state index in [1.807, 2.05) is 36.4 Å². The molecule has 0 amide bonds. The third-order valence-corrected chi connectivity index (χ3v) is 4.45. The van der Waals surface area contributed by atoms with Gasteiger partial charge in [0.25, 0.3) is 0 Å². The average molecular weight is 280 g/mol. The predicted octanol–water partition coefficient (Wildman–Crippen LogP) is 4.62. The second-order valence-electron chi connectivity index (χ2n) is 4.64. The lowest BCUT2D eigenvalue weighted by Gasteiger charge is -1.99. The van der Waals surface area contributed by atoms with Crippen molar-refractivity contribution in [1.29, 1.82) is 0 Å². The summed E-state index contributed by atoms with van der Waals surface area (Å²) in [6.07, 6.45) is 0.990. The first kappa shape index (κ1) is 12.9. The van der Waals surface area contributed by atoms with Crippen molar-refractivity contribution >= 4 is 17.0 Å². The zero-order chi connectivity index (χ0) is 13.9. The van der Waals surface area contributed by atoms with E-state index in [0.717, 1.165) is 28.4 Å². The van der Waals surface area contributed by atoms with Gasteiger partial charge in [-0.05, 0) is 18.6 Å². The van der Waals surface area contributed by atoms with Crippen LogP contribution >= 0.6 is 11.3 Å². The predicted molar refractivity (Wildman–Crippen MR) is 86.8 cm³/mol. The normalized spacial score (nSPS) is 10.7. The number of benzene rings is 2. The topological polar surface area (TPSA) is 38.9 Å². The van der Waals surface area contributed by atoms with Gasteiger partial charge in [-0.15, -0.1) is 11.3 Å². The zero-order valence-electron chi connectivity index (χ0n) is 11.3. The number of rotatable bonds is 3. The van der Waals surface area contributed by atoms with E-state index >= 15 is 0 Å². The summed E-state index contributed by atoms with van der Waals surface area (Å²) in [7, 11) is 0. The van der Waals surface area contributed by atoms with Crippen LogP contribution in [0.15, 0.2) is 54.6 Å². The summed E-state index contributed by atoms with van der Waals surface area (Å²) in [4.78, 5) is 6.14. The molecule has 2 aromatic carbocycles. The summed E-state index contributed by atoms with van der Waals surface area (Å²) >= 11 is 1.75. The maximum absolute atomic E-state index is 5.86. The molecule has 100 valence electrons. The number of hydrogen-bond donors (Lipinski definition) is 1. The van der Waals surface area contributed by atoms with E-state index < -0.39 is 0 Å². The molecule has 0 fully saturated rings. The molecule has 0 aliphatic rings. The number of nitrogens with zero attached hydrogens (tertiary/aromatic N) is 1. The molecular formula is C17H16N2S. The highest BCUT2D eigenvalue weighted by atomic mass is 32.1. The summed E-state index contributed by atoms with van der Waals surface area (Å²) in [6, 6.07) is 18.3. The van der Waals surface area contributed by atoms with Crippen LogP contribution in [-0.2, 0) is 6.42 Å². The molecule has 1 aromatic heterocycles. The summed E-state index contributed by atoms with van der Waals surface area (Å²) in [5.74, 6) is 0. The van der Waals surface area contributed by atoms with Gasteiger partial charge in [0.1, 0.15) is 5.01 Å². The standard InChI is InChI=1S/C17H16N2S/c1-2-15-16(12-7-4-3-5-8-12)19-17(20-15)13-9-6-10-14(18)11-13/h3-11H,2,18H2,1H3. The number of hydrogen-bond acceptors (Lipinski definition) is 3. The number of thiazole rings is 1. The van der Waals surface area contributed by atoms with Crippen LogP contribution in [0.3, 0.4) is 0 Å². The van der Waals surface area contributed by atoms with Crippen molar-refractivity contribution in [3.8, 4) is 21.8 Å². The monoisotopic (exact) mass is 280 g/mol. The fourth-order valence-electron chi connectivity index (χ4n) is 2.21. The lowest BCUT2D eigenvalue weighted by molar-refractivity contribution is 1.17. The molecule has 2 N–H and O–H groups in total. The van der Waals surface area contributed by atoms with Gasteiger partial charge in [0.05, 0.1) is 5.69 Å². The highest BCUT2D eigenvalue weighted by Crippen LogP contribution is 2.34. The number of aromatic nitrogens is 1. The Bertz CT molecular complexity index is 717. The first-order chi connectivity index (χ1) is 9.78. The minimum atomic E-state index is 0.775. The minimum absolute atomic E-state index is 0.775. The van der Waals surface area contributed by atoms with E-state index in [2.05, 4.69) is 25.1 Å². The Morgan fingerprint density at radius 3 is 2.45 bits per heavy atom. The Morgan fingerprint density at radius 2 is 1.75 bits per heavy atom. The minimum Gasteiger partial charge on any atom is -0.399 e. The molecule has 0 unspecified atom stereocenters. The molecule has 0 bridgehead atoms. The number of nitrogen functional groups attached to an aromatic ring is 1. The van der Waals surface area contributed by atoms with Crippen LogP contribution in [0.2, 0.25) is 0 Å². The van der Waals surface area contributed by atoms with Crippen molar-refractivity contribution in [3.63, 3.8) is 0 Å². The Balaban J connectivity index is 2.10. The summed E-state index contributed by atoms with van der Waals surface area (Å²) in [5.41, 5.74) is 10.00. The van der Waals surface area contributed by atoms with Crippen LogP contribution in [-0.4, -0.2) is 4.98 Å². The largest absolute Gasteiger partial charge is 0.399 e. The van der Waals surface area contributed by atoms with Crippen molar-refractivity contribution in [3.05, 3.63) is 59.5 Å². The molecule has 3 rings (SSSR count). The molecule has 0 aliphatic carbocycles.